The Morgan fingerprint density at radius 1 is 0.950 bits per heavy atom. The Morgan fingerprint density at radius 2 is 1.25 bits per heavy atom. The summed E-state index contributed by atoms with van der Waals surface area (Å²) in [6.07, 6.45) is 1.65. The van der Waals surface area contributed by atoms with Crippen LogP contribution in [-0.2, 0) is 10.1 Å². The second-order valence-corrected chi connectivity index (χ2v) is 13.3. The van der Waals surface area contributed by atoms with Crippen LogP contribution in [0.3, 0.4) is 0 Å². The van der Waals surface area contributed by atoms with Gasteiger partial charge in [-0.15, -0.1) is 0 Å². The molecular weight excluding hydrogens is 288 g/mol. The number of rotatable bonds is 8. The van der Waals surface area contributed by atoms with Crippen molar-refractivity contribution in [2.45, 2.75) is 66.6 Å². The topological polar surface area (TPSA) is 54.4 Å². The Hall–Kier alpha value is -0.133. The van der Waals surface area contributed by atoms with Crippen LogP contribution in [0, 0.1) is 17.8 Å². The summed E-state index contributed by atoms with van der Waals surface area (Å²) in [4.78, 5) is 0. The molecule has 0 fully saturated rings. The highest BCUT2D eigenvalue weighted by molar-refractivity contribution is 7.92. The molecule has 1 N–H and O–H groups in total. The van der Waals surface area contributed by atoms with E-state index in [1.165, 1.54) is 0 Å². The number of allylic oxidation sites excluding steroid dienone is 1. The van der Waals surface area contributed by atoms with Gasteiger partial charge in [0.2, 0.25) is 0 Å². The third-order valence-corrected chi connectivity index (χ3v) is 12.5. The molecule has 0 saturated heterocycles. The molecule has 0 bridgehead atoms. The second kappa shape index (κ2) is 7.76. The summed E-state index contributed by atoms with van der Waals surface area (Å²) in [5, 5.41) is 0. The molecule has 0 aliphatic heterocycles. The van der Waals surface area contributed by atoms with Crippen LogP contribution in [0.25, 0.3) is 0 Å². The van der Waals surface area contributed by atoms with E-state index in [0.29, 0.717) is 22.3 Å². The summed E-state index contributed by atoms with van der Waals surface area (Å²) in [5.41, 5.74) is 0. The maximum Gasteiger partial charge on any atom is 0.286 e. The highest BCUT2D eigenvalue weighted by Crippen LogP contribution is 2.39. The zero-order chi connectivity index (χ0) is 16.1. The van der Waals surface area contributed by atoms with E-state index in [1.54, 1.807) is 13.0 Å². The first kappa shape index (κ1) is 19.9. The maximum atomic E-state index is 11.9. The minimum Gasteiger partial charge on any atom is -0.282 e. The molecule has 5 heteroatoms. The van der Waals surface area contributed by atoms with E-state index in [0.717, 1.165) is 18.1 Å². The zero-order valence-corrected chi connectivity index (χ0v) is 15.9. The van der Waals surface area contributed by atoms with E-state index in [2.05, 4.69) is 41.5 Å². The van der Waals surface area contributed by atoms with Crippen molar-refractivity contribution in [3.8, 4) is 0 Å². The Morgan fingerprint density at radius 3 is 1.40 bits per heavy atom. The summed E-state index contributed by atoms with van der Waals surface area (Å²) in [7, 11) is -6.31. The van der Waals surface area contributed by atoms with Crippen molar-refractivity contribution in [2.75, 3.05) is 0 Å². The molecular formula is C15H32O3SSi. The largest absolute Gasteiger partial charge is 0.286 e. The first-order valence-electron chi connectivity index (χ1n) is 7.59. The highest BCUT2D eigenvalue weighted by atomic mass is 32.2. The zero-order valence-electron chi connectivity index (χ0n) is 14.1. The smallest absolute Gasteiger partial charge is 0.282 e. The second-order valence-electron chi connectivity index (χ2n) is 7.20. The predicted octanol–water partition coefficient (Wildman–Crippen LogP) is 4.73. The molecule has 0 aliphatic carbocycles. The Bertz CT molecular complexity index is 396. The van der Waals surface area contributed by atoms with Crippen LogP contribution in [0.2, 0.25) is 18.1 Å². The molecule has 120 valence electrons. The van der Waals surface area contributed by atoms with Gasteiger partial charge in [0, 0.05) is 0 Å². The van der Waals surface area contributed by atoms with Crippen molar-refractivity contribution in [3.63, 3.8) is 0 Å². The lowest BCUT2D eigenvalue weighted by Crippen LogP contribution is -2.43. The van der Waals surface area contributed by atoms with Gasteiger partial charge in [-0.05, 0) is 24.7 Å². The van der Waals surface area contributed by atoms with Crippen molar-refractivity contribution >= 4 is 18.2 Å². The molecule has 0 atom stereocenters. The van der Waals surface area contributed by atoms with Gasteiger partial charge in [-0.1, -0.05) is 65.8 Å². The van der Waals surface area contributed by atoms with Crippen LogP contribution >= 0.6 is 0 Å². The van der Waals surface area contributed by atoms with Gasteiger partial charge in [-0.25, -0.2) is 0 Å². The summed E-state index contributed by atoms with van der Waals surface area (Å²) in [6.45, 7) is 14.6. The quantitative estimate of drug-likeness (QED) is 0.519. The van der Waals surface area contributed by atoms with E-state index in [4.69, 9.17) is 0 Å². The third kappa shape index (κ3) is 6.10. The van der Waals surface area contributed by atoms with Gasteiger partial charge in [0.1, 0.15) is 8.07 Å². The molecule has 0 unspecified atom stereocenters. The molecule has 0 amide bonds. The molecule has 3 nitrogen and oxygen atoms in total. The average Bonchev–Trinajstić information content (AvgIpc) is 2.10. The Balaban J connectivity index is 5.94. The first-order chi connectivity index (χ1) is 8.94. The predicted molar refractivity (Wildman–Crippen MR) is 90.0 cm³/mol. The Labute approximate surface area is 126 Å². The van der Waals surface area contributed by atoms with Crippen molar-refractivity contribution in [1.82, 2.24) is 0 Å². The standard InChI is InChI=1S/C15H32O3SSi/c1-8-15(19(16,17)18)20(9-12(2)3,10-13(4)5)11-14(6)7/h8,12-14H,9-11H2,1-7H3,(H,16,17,18)/b15-8+. The van der Waals surface area contributed by atoms with Gasteiger partial charge in [0.15, 0.2) is 0 Å². The van der Waals surface area contributed by atoms with Gasteiger partial charge in [-0.3, -0.25) is 4.55 Å². The fraction of sp³-hybridized carbons (Fsp3) is 0.867. The molecule has 0 spiro atoms. The summed E-state index contributed by atoms with van der Waals surface area (Å²) in [6, 6.07) is 2.76. The molecule has 0 aromatic carbocycles. The van der Waals surface area contributed by atoms with E-state index >= 15 is 0 Å². The lowest BCUT2D eigenvalue weighted by Gasteiger charge is -2.37. The number of hydrogen-bond donors (Lipinski definition) is 1. The van der Waals surface area contributed by atoms with Crippen molar-refractivity contribution in [2.24, 2.45) is 17.8 Å². The van der Waals surface area contributed by atoms with Gasteiger partial charge < -0.3 is 0 Å². The summed E-state index contributed by atoms with van der Waals surface area (Å²) < 4.78 is 33.8. The molecule has 0 radical (unpaired) electrons. The Kier molecular flexibility index (Phi) is 7.70. The van der Waals surface area contributed by atoms with Crippen LogP contribution < -0.4 is 0 Å². The molecule has 0 aromatic rings. The highest BCUT2D eigenvalue weighted by Gasteiger charge is 2.43. The maximum absolute atomic E-state index is 11.9. The van der Waals surface area contributed by atoms with Gasteiger partial charge in [-0.2, -0.15) is 8.42 Å². The van der Waals surface area contributed by atoms with Crippen molar-refractivity contribution in [3.05, 3.63) is 10.6 Å². The molecule has 0 aromatic heterocycles. The van der Waals surface area contributed by atoms with Gasteiger partial charge >= 0.3 is 0 Å². The van der Waals surface area contributed by atoms with E-state index in [-0.39, 0.29) is 0 Å². The van der Waals surface area contributed by atoms with E-state index < -0.39 is 18.2 Å². The average molecular weight is 321 g/mol. The van der Waals surface area contributed by atoms with Gasteiger partial charge in [0.05, 0.1) is 4.53 Å². The summed E-state index contributed by atoms with van der Waals surface area (Å²) in [5.74, 6) is 1.32. The van der Waals surface area contributed by atoms with Crippen molar-refractivity contribution < 1.29 is 13.0 Å². The molecule has 0 rings (SSSR count). The lowest BCUT2D eigenvalue weighted by molar-refractivity contribution is 0.492. The van der Waals surface area contributed by atoms with Crippen molar-refractivity contribution in [1.29, 1.82) is 0 Å². The lowest BCUT2D eigenvalue weighted by atomic mass is 10.2. The van der Waals surface area contributed by atoms with Crippen LogP contribution in [-0.4, -0.2) is 21.0 Å². The molecule has 20 heavy (non-hydrogen) atoms. The first-order valence-corrected chi connectivity index (χ1v) is 11.6. The molecule has 0 aliphatic rings. The SMILES string of the molecule is C/C=C(/[Si](CC(C)C)(CC(C)C)CC(C)C)S(=O)(=O)O. The normalized spacial score (nSPS) is 14.7. The summed E-state index contributed by atoms with van der Waals surface area (Å²) >= 11 is 0. The van der Waals surface area contributed by atoms with Gasteiger partial charge in [0.25, 0.3) is 10.1 Å². The fourth-order valence-corrected chi connectivity index (χ4v) is 13.3. The van der Waals surface area contributed by atoms with E-state index in [1.807, 2.05) is 0 Å². The number of hydrogen-bond acceptors (Lipinski definition) is 2. The molecule has 0 heterocycles. The third-order valence-electron chi connectivity index (χ3n) is 3.46. The van der Waals surface area contributed by atoms with Crippen LogP contribution in [0.15, 0.2) is 10.6 Å². The fourth-order valence-electron chi connectivity index (χ4n) is 3.62. The minimum absolute atomic E-state index is 0.348. The monoisotopic (exact) mass is 320 g/mol. The van der Waals surface area contributed by atoms with Crippen LogP contribution in [0.5, 0.6) is 0 Å². The molecule has 0 saturated carbocycles. The minimum atomic E-state index is -4.09. The van der Waals surface area contributed by atoms with Crippen LogP contribution in [0.4, 0.5) is 0 Å². The van der Waals surface area contributed by atoms with Crippen LogP contribution in [0.1, 0.15) is 48.5 Å². The van der Waals surface area contributed by atoms with E-state index in [9.17, 15) is 13.0 Å².